The van der Waals surface area contributed by atoms with Gasteiger partial charge in [-0.25, -0.2) is 0 Å². The van der Waals surface area contributed by atoms with E-state index in [1.165, 1.54) is 0 Å². The summed E-state index contributed by atoms with van der Waals surface area (Å²) < 4.78 is 16.2. The number of piperazine rings is 1. The van der Waals surface area contributed by atoms with Crippen LogP contribution in [0.3, 0.4) is 0 Å². The molecule has 2 amide bonds. The molecular formula is C27H34N2O5. The molecule has 1 atom stereocenters. The van der Waals surface area contributed by atoms with Crippen LogP contribution in [0, 0.1) is 5.92 Å². The van der Waals surface area contributed by atoms with Crippen LogP contribution in [-0.2, 0) is 16.1 Å². The summed E-state index contributed by atoms with van der Waals surface area (Å²) in [6, 6.07) is 12.4. The molecule has 2 aromatic rings. The number of amides is 2. The number of ether oxygens (including phenoxy) is 3. The minimum absolute atomic E-state index is 0.0331. The fraction of sp³-hybridized carbons (Fsp3) is 0.481. The summed E-state index contributed by atoms with van der Waals surface area (Å²) in [5, 5.41) is 0. The SMILES string of the molecule is COc1cccc(CN2C(=O)CN(C3CCC(C)CC3)C(=O)[C@@H]2c2ccc(OC)c(OC)c2)c1. The Kier molecular flexibility index (Phi) is 7.29. The second-order valence-electron chi connectivity index (χ2n) is 9.27. The summed E-state index contributed by atoms with van der Waals surface area (Å²) in [4.78, 5) is 31.0. The number of rotatable bonds is 7. The van der Waals surface area contributed by atoms with Gasteiger partial charge in [-0.1, -0.05) is 25.1 Å². The molecule has 2 fully saturated rings. The molecule has 0 aromatic heterocycles. The largest absolute Gasteiger partial charge is 0.497 e. The number of nitrogens with zero attached hydrogens (tertiary/aromatic N) is 2. The van der Waals surface area contributed by atoms with E-state index in [4.69, 9.17) is 14.2 Å². The molecule has 1 aliphatic carbocycles. The first kappa shape index (κ1) is 23.9. The van der Waals surface area contributed by atoms with Gasteiger partial charge in [-0.2, -0.15) is 0 Å². The molecule has 7 nitrogen and oxygen atoms in total. The fourth-order valence-electron chi connectivity index (χ4n) is 5.10. The summed E-state index contributed by atoms with van der Waals surface area (Å²) in [6.07, 6.45) is 4.04. The van der Waals surface area contributed by atoms with Gasteiger partial charge in [0.2, 0.25) is 5.91 Å². The fourth-order valence-corrected chi connectivity index (χ4v) is 5.10. The van der Waals surface area contributed by atoms with Gasteiger partial charge in [0.25, 0.3) is 5.91 Å². The Labute approximate surface area is 201 Å². The lowest BCUT2D eigenvalue weighted by molar-refractivity contribution is -0.160. The minimum atomic E-state index is -0.730. The van der Waals surface area contributed by atoms with Gasteiger partial charge >= 0.3 is 0 Å². The molecular weight excluding hydrogens is 432 g/mol. The molecule has 34 heavy (non-hydrogen) atoms. The van der Waals surface area contributed by atoms with Gasteiger partial charge in [0.1, 0.15) is 18.3 Å². The van der Waals surface area contributed by atoms with Gasteiger partial charge in [-0.15, -0.1) is 0 Å². The topological polar surface area (TPSA) is 68.3 Å². The zero-order valence-corrected chi connectivity index (χ0v) is 20.5. The maximum Gasteiger partial charge on any atom is 0.250 e. The van der Waals surface area contributed by atoms with Crippen molar-refractivity contribution in [1.29, 1.82) is 0 Å². The van der Waals surface area contributed by atoms with E-state index in [9.17, 15) is 9.59 Å². The van der Waals surface area contributed by atoms with Crippen molar-refractivity contribution < 1.29 is 23.8 Å². The molecule has 0 spiro atoms. The second kappa shape index (κ2) is 10.4. The Morgan fingerprint density at radius 3 is 2.29 bits per heavy atom. The molecule has 4 rings (SSSR count). The molecule has 2 aromatic carbocycles. The second-order valence-corrected chi connectivity index (χ2v) is 9.27. The highest BCUT2D eigenvalue weighted by Crippen LogP contribution is 2.37. The molecule has 2 aliphatic rings. The van der Waals surface area contributed by atoms with Crippen molar-refractivity contribution in [3.63, 3.8) is 0 Å². The van der Waals surface area contributed by atoms with Crippen LogP contribution >= 0.6 is 0 Å². The van der Waals surface area contributed by atoms with E-state index in [1.54, 1.807) is 38.4 Å². The van der Waals surface area contributed by atoms with Gasteiger partial charge in [-0.3, -0.25) is 9.59 Å². The average molecular weight is 467 g/mol. The van der Waals surface area contributed by atoms with Crippen LogP contribution in [0.15, 0.2) is 42.5 Å². The van der Waals surface area contributed by atoms with Crippen molar-refractivity contribution in [2.24, 2.45) is 5.92 Å². The van der Waals surface area contributed by atoms with Gasteiger partial charge in [0.05, 0.1) is 21.3 Å². The molecule has 0 N–H and O–H groups in total. The Hall–Kier alpha value is -3.22. The third-order valence-corrected chi connectivity index (χ3v) is 7.09. The highest BCUT2D eigenvalue weighted by molar-refractivity contribution is 5.96. The van der Waals surface area contributed by atoms with Crippen LogP contribution in [0.4, 0.5) is 0 Å². The van der Waals surface area contributed by atoms with E-state index in [-0.39, 0.29) is 24.4 Å². The van der Waals surface area contributed by atoms with Crippen LogP contribution in [0.2, 0.25) is 0 Å². The summed E-state index contributed by atoms with van der Waals surface area (Å²) in [6.45, 7) is 2.68. The van der Waals surface area contributed by atoms with E-state index in [2.05, 4.69) is 6.92 Å². The van der Waals surface area contributed by atoms with Crippen molar-refractivity contribution in [3.8, 4) is 17.2 Å². The predicted molar refractivity (Wildman–Crippen MR) is 129 cm³/mol. The summed E-state index contributed by atoms with van der Waals surface area (Å²) in [5.41, 5.74) is 1.62. The third kappa shape index (κ3) is 4.83. The molecule has 0 bridgehead atoms. The van der Waals surface area contributed by atoms with Gasteiger partial charge < -0.3 is 24.0 Å². The monoisotopic (exact) mass is 466 g/mol. The normalized spacial score (nSPS) is 23.1. The Morgan fingerprint density at radius 1 is 0.882 bits per heavy atom. The number of carbonyl (C=O) groups is 2. The molecule has 1 heterocycles. The van der Waals surface area contributed by atoms with Gasteiger partial charge in [0, 0.05) is 12.6 Å². The summed E-state index contributed by atoms with van der Waals surface area (Å²) in [7, 11) is 4.76. The maximum atomic E-state index is 14.0. The van der Waals surface area contributed by atoms with E-state index in [0.29, 0.717) is 35.3 Å². The lowest BCUT2D eigenvalue weighted by Gasteiger charge is -2.45. The first-order chi connectivity index (χ1) is 16.4. The minimum Gasteiger partial charge on any atom is -0.497 e. The van der Waals surface area contributed by atoms with E-state index < -0.39 is 6.04 Å². The number of hydrogen-bond donors (Lipinski definition) is 0. The Balaban J connectivity index is 1.70. The van der Waals surface area contributed by atoms with Gasteiger partial charge in [0.15, 0.2) is 11.5 Å². The van der Waals surface area contributed by atoms with Crippen molar-refractivity contribution in [2.45, 2.75) is 51.2 Å². The number of methoxy groups -OCH3 is 3. The molecule has 182 valence electrons. The van der Waals surface area contributed by atoms with Crippen LogP contribution in [0.25, 0.3) is 0 Å². The quantitative estimate of drug-likeness (QED) is 0.612. The number of carbonyl (C=O) groups excluding carboxylic acids is 2. The van der Waals surface area contributed by atoms with E-state index in [0.717, 1.165) is 31.2 Å². The zero-order chi connectivity index (χ0) is 24.2. The molecule has 1 saturated heterocycles. The van der Waals surface area contributed by atoms with Crippen molar-refractivity contribution >= 4 is 11.8 Å². The van der Waals surface area contributed by atoms with E-state index >= 15 is 0 Å². The number of hydrogen-bond acceptors (Lipinski definition) is 5. The van der Waals surface area contributed by atoms with Crippen LogP contribution in [0.5, 0.6) is 17.2 Å². The van der Waals surface area contributed by atoms with Crippen molar-refractivity contribution in [2.75, 3.05) is 27.9 Å². The summed E-state index contributed by atoms with van der Waals surface area (Å²) >= 11 is 0. The van der Waals surface area contributed by atoms with Crippen molar-refractivity contribution in [1.82, 2.24) is 9.80 Å². The average Bonchev–Trinajstić information content (AvgIpc) is 2.86. The predicted octanol–water partition coefficient (Wildman–Crippen LogP) is 4.20. The van der Waals surface area contributed by atoms with Crippen LogP contribution in [-0.4, -0.2) is 55.5 Å². The molecule has 1 saturated carbocycles. The standard InChI is InChI=1S/C27H34N2O5/c1-18-8-11-21(12-9-18)28-17-25(30)29(16-19-6-5-7-22(14-19)32-2)26(27(28)31)20-10-13-23(33-3)24(15-20)34-4/h5-7,10,13-15,18,21,26H,8-9,11-12,16-17H2,1-4H3/t18?,21?,26-/m0/s1. The molecule has 0 radical (unpaired) electrons. The molecule has 1 aliphatic heterocycles. The Morgan fingerprint density at radius 2 is 1.62 bits per heavy atom. The summed E-state index contributed by atoms with van der Waals surface area (Å²) in [5.74, 6) is 2.41. The molecule has 7 heteroatoms. The lowest BCUT2D eigenvalue weighted by Crippen LogP contribution is -2.58. The van der Waals surface area contributed by atoms with E-state index in [1.807, 2.05) is 35.2 Å². The Bertz CT molecular complexity index is 1030. The van der Waals surface area contributed by atoms with Gasteiger partial charge in [-0.05, 0) is 67.0 Å². The smallest absolute Gasteiger partial charge is 0.250 e. The molecule has 0 unspecified atom stereocenters. The number of benzene rings is 2. The lowest BCUT2D eigenvalue weighted by atomic mass is 9.85. The maximum absolute atomic E-state index is 14.0. The van der Waals surface area contributed by atoms with Crippen LogP contribution in [0.1, 0.15) is 49.8 Å². The first-order valence-electron chi connectivity index (χ1n) is 11.9. The third-order valence-electron chi connectivity index (χ3n) is 7.09. The van der Waals surface area contributed by atoms with Crippen molar-refractivity contribution in [3.05, 3.63) is 53.6 Å². The highest BCUT2D eigenvalue weighted by atomic mass is 16.5. The van der Waals surface area contributed by atoms with Crippen LogP contribution < -0.4 is 14.2 Å². The highest BCUT2D eigenvalue weighted by Gasteiger charge is 2.43. The first-order valence-corrected chi connectivity index (χ1v) is 11.9. The zero-order valence-electron chi connectivity index (χ0n) is 20.5.